The second-order valence-electron chi connectivity index (χ2n) is 11.4. The number of ether oxygens (including phenoxy) is 2. The van der Waals surface area contributed by atoms with E-state index in [9.17, 15) is 19.2 Å². The topological polar surface area (TPSA) is 117 Å². The molecule has 0 spiro atoms. The molecule has 0 aliphatic carbocycles. The monoisotopic (exact) mass is 608 g/mol. The lowest BCUT2D eigenvalue weighted by molar-refractivity contribution is -0.145. The molecule has 4 rings (SSSR count). The van der Waals surface area contributed by atoms with Crippen molar-refractivity contribution in [3.8, 4) is 0 Å². The van der Waals surface area contributed by atoms with Gasteiger partial charge in [-0.15, -0.1) is 0 Å². The van der Waals surface area contributed by atoms with Crippen LogP contribution < -0.4 is 10.6 Å². The fraction of sp³-hybridized carbons (Fsp3) is 0.469. The smallest absolute Gasteiger partial charge is 0.410 e. The number of methoxy groups -OCH3 is 1. The molecular formula is C32H40N4O6S. The molecule has 2 saturated heterocycles. The highest BCUT2D eigenvalue weighted by atomic mass is 32.1. The molecule has 2 aromatic carbocycles. The normalized spacial score (nSPS) is 19.0. The Labute approximate surface area is 258 Å². The number of hydrogen-bond donors (Lipinski definition) is 2. The van der Waals surface area contributed by atoms with Crippen molar-refractivity contribution in [2.75, 3.05) is 20.2 Å². The van der Waals surface area contributed by atoms with Crippen molar-refractivity contribution < 1.29 is 28.7 Å². The maximum atomic E-state index is 13.5. The van der Waals surface area contributed by atoms with E-state index in [1.54, 1.807) is 13.8 Å². The number of nitrogens with one attached hydrogen (secondary N) is 2. The summed E-state index contributed by atoms with van der Waals surface area (Å²) in [4.78, 5) is 56.0. The molecule has 2 aliphatic rings. The molecular weight excluding hydrogens is 568 g/mol. The number of benzene rings is 2. The number of rotatable bonds is 10. The zero-order valence-electron chi connectivity index (χ0n) is 24.9. The largest absolute Gasteiger partial charge is 0.467 e. The van der Waals surface area contributed by atoms with Crippen molar-refractivity contribution >= 4 is 41.1 Å². The van der Waals surface area contributed by atoms with Crippen LogP contribution in [0.1, 0.15) is 50.7 Å². The first-order valence-corrected chi connectivity index (χ1v) is 15.0. The van der Waals surface area contributed by atoms with Crippen LogP contribution >= 0.6 is 12.2 Å². The molecule has 2 heterocycles. The Bertz CT molecular complexity index is 1310. The summed E-state index contributed by atoms with van der Waals surface area (Å²) in [7, 11) is 1.29. The van der Waals surface area contributed by atoms with E-state index in [1.165, 1.54) is 12.0 Å². The van der Waals surface area contributed by atoms with Crippen molar-refractivity contribution in [1.29, 1.82) is 0 Å². The Balaban J connectivity index is 1.37. The third-order valence-electron chi connectivity index (χ3n) is 7.87. The van der Waals surface area contributed by atoms with Crippen LogP contribution in [0.25, 0.3) is 0 Å². The second kappa shape index (κ2) is 14.5. The van der Waals surface area contributed by atoms with Gasteiger partial charge in [0.05, 0.1) is 12.6 Å². The zero-order valence-corrected chi connectivity index (χ0v) is 25.7. The molecule has 0 radical (unpaired) electrons. The predicted molar refractivity (Wildman–Crippen MR) is 165 cm³/mol. The molecule has 2 fully saturated rings. The van der Waals surface area contributed by atoms with Crippen LogP contribution in [0.2, 0.25) is 0 Å². The average Bonchev–Trinajstić information content (AvgIpc) is 3.70. The number of hydrogen-bond acceptors (Lipinski definition) is 7. The number of amides is 3. The maximum absolute atomic E-state index is 13.5. The minimum Gasteiger partial charge on any atom is -0.467 e. The van der Waals surface area contributed by atoms with Gasteiger partial charge in [0.15, 0.2) is 0 Å². The van der Waals surface area contributed by atoms with Gasteiger partial charge in [-0.25, -0.2) is 9.59 Å². The van der Waals surface area contributed by atoms with Crippen LogP contribution in [0.5, 0.6) is 0 Å². The van der Waals surface area contributed by atoms with Crippen molar-refractivity contribution in [2.45, 2.75) is 76.2 Å². The molecule has 10 nitrogen and oxygen atoms in total. The average molecular weight is 609 g/mol. The summed E-state index contributed by atoms with van der Waals surface area (Å²) in [5.41, 5.74) is 0.777. The third-order valence-corrected chi connectivity index (χ3v) is 8.61. The molecule has 2 N–H and O–H groups in total. The van der Waals surface area contributed by atoms with Gasteiger partial charge in [0, 0.05) is 19.5 Å². The Morgan fingerprint density at radius 2 is 1.44 bits per heavy atom. The quantitative estimate of drug-likeness (QED) is 0.312. The van der Waals surface area contributed by atoms with Gasteiger partial charge < -0.3 is 25.0 Å². The lowest BCUT2D eigenvalue weighted by Crippen LogP contribution is -2.61. The second-order valence-corrected chi connectivity index (χ2v) is 11.8. The van der Waals surface area contributed by atoms with Crippen LogP contribution in [0.3, 0.4) is 0 Å². The van der Waals surface area contributed by atoms with E-state index in [4.69, 9.17) is 21.7 Å². The van der Waals surface area contributed by atoms with E-state index < -0.39 is 35.7 Å². The minimum atomic E-state index is -0.983. The van der Waals surface area contributed by atoms with E-state index in [-0.39, 0.29) is 18.4 Å². The maximum Gasteiger partial charge on any atom is 0.410 e. The summed E-state index contributed by atoms with van der Waals surface area (Å²) in [6.07, 6.45) is 2.24. The molecule has 2 aliphatic heterocycles. The van der Waals surface area contributed by atoms with E-state index in [2.05, 4.69) is 10.6 Å². The van der Waals surface area contributed by atoms with Crippen molar-refractivity contribution in [1.82, 2.24) is 20.4 Å². The molecule has 0 bridgehead atoms. The fourth-order valence-corrected chi connectivity index (χ4v) is 5.87. The van der Waals surface area contributed by atoms with Gasteiger partial charge in [0.2, 0.25) is 11.8 Å². The van der Waals surface area contributed by atoms with Gasteiger partial charge in [-0.05, 0) is 50.7 Å². The Kier molecular flexibility index (Phi) is 10.7. The van der Waals surface area contributed by atoms with Crippen molar-refractivity contribution in [3.63, 3.8) is 0 Å². The summed E-state index contributed by atoms with van der Waals surface area (Å²) < 4.78 is 10.4. The van der Waals surface area contributed by atoms with Gasteiger partial charge in [0.1, 0.15) is 29.7 Å². The number of carbonyl (C=O) groups excluding carboxylic acids is 4. The van der Waals surface area contributed by atoms with Crippen LogP contribution in [0, 0.1) is 0 Å². The van der Waals surface area contributed by atoms with E-state index in [0.717, 1.165) is 17.5 Å². The van der Waals surface area contributed by atoms with Crippen LogP contribution in [-0.4, -0.2) is 82.5 Å². The lowest BCUT2D eigenvalue weighted by Gasteiger charge is -2.37. The molecule has 3 amide bonds. The van der Waals surface area contributed by atoms with Gasteiger partial charge in [0.25, 0.3) is 0 Å². The molecule has 0 aromatic heterocycles. The van der Waals surface area contributed by atoms with Gasteiger partial charge >= 0.3 is 12.1 Å². The molecule has 230 valence electrons. The molecule has 2 aromatic rings. The van der Waals surface area contributed by atoms with E-state index in [0.29, 0.717) is 43.8 Å². The predicted octanol–water partition coefficient (Wildman–Crippen LogP) is 3.37. The highest BCUT2D eigenvalue weighted by Crippen LogP contribution is 2.25. The van der Waals surface area contributed by atoms with Gasteiger partial charge in [-0.1, -0.05) is 72.9 Å². The molecule has 11 heteroatoms. The first-order valence-electron chi connectivity index (χ1n) is 14.6. The number of likely N-dealkylation sites (tertiary alicyclic amines) is 2. The molecule has 0 saturated carbocycles. The van der Waals surface area contributed by atoms with Crippen molar-refractivity contribution in [2.24, 2.45) is 0 Å². The Morgan fingerprint density at radius 3 is 2.05 bits per heavy atom. The number of nitrogens with zero attached hydrogens (tertiary/aromatic N) is 2. The highest BCUT2D eigenvalue weighted by Gasteiger charge is 2.42. The van der Waals surface area contributed by atoms with Crippen LogP contribution in [0.15, 0.2) is 60.7 Å². The van der Waals surface area contributed by atoms with Crippen molar-refractivity contribution in [3.05, 3.63) is 71.8 Å². The summed E-state index contributed by atoms with van der Waals surface area (Å²) in [5, 5.41) is 5.88. The summed E-state index contributed by atoms with van der Waals surface area (Å²) in [6, 6.07) is 16.7. The Morgan fingerprint density at radius 1 is 0.884 bits per heavy atom. The summed E-state index contributed by atoms with van der Waals surface area (Å²) >= 11 is 5.84. The van der Waals surface area contributed by atoms with Gasteiger partial charge in [-0.2, -0.15) is 0 Å². The first kappa shape index (κ1) is 31.9. The first-order chi connectivity index (χ1) is 20.6. The summed E-state index contributed by atoms with van der Waals surface area (Å²) in [6.45, 7) is 4.68. The third kappa shape index (κ3) is 8.10. The SMILES string of the molecule is COC(=O)[C@H](Cc1ccccc1)NC(=O)[C@@H]1CCCN1C(=S)C(C)(C)NC(=O)[C@@H]1CCCN1C(=O)OCc1ccccc1. The zero-order chi connectivity index (χ0) is 31.0. The number of carbonyl (C=O) groups is 4. The number of esters is 1. The van der Waals surface area contributed by atoms with Crippen LogP contribution in [-0.2, 0) is 36.9 Å². The molecule has 0 unspecified atom stereocenters. The molecule has 3 atom stereocenters. The fourth-order valence-electron chi connectivity index (χ4n) is 5.60. The Hall–Kier alpha value is -3.99. The van der Waals surface area contributed by atoms with Crippen LogP contribution in [0.4, 0.5) is 4.79 Å². The minimum absolute atomic E-state index is 0.126. The highest BCUT2D eigenvalue weighted by molar-refractivity contribution is 7.80. The van der Waals surface area contributed by atoms with Gasteiger partial charge in [-0.3, -0.25) is 14.5 Å². The lowest BCUT2D eigenvalue weighted by atomic mass is 10.0. The number of thiocarbonyl (C=S) groups is 1. The van der Waals surface area contributed by atoms with E-state index in [1.807, 2.05) is 65.6 Å². The standard InChI is InChI=1S/C32H40N4O6S/c1-32(2,34-28(38)26-17-11-19-36(26)31(40)42-21-23-14-8-5-9-15-23)30(43)35-18-10-16-25(35)27(37)33-24(29(39)41-3)20-22-12-6-4-7-13-22/h4-9,12-15,24-26H,10-11,16-21H2,1-3H3,(H,33,37)(H,34,38)/t24-,25-,26-/m0/s1. The van der Waals surface area contributed by atoms with E-state index >= 15 is 0 Å². The summed E-state index contributed by atoms with van der Waals surface area (Å²) in [5.74, 6) is -1.17. The molecule has 43 heavy (non-hydrogen) atoms.